The minimum Gasteiger partial charge on any atom is -0.504 e. The standard InChI is InChI=1S/C41H36BClN4O8S/c1-19-26-16-22(43)9-13-32(26)56-36(19)29-18-33(45(3)44-29)47-38(50)28-17-27-24(35(41(28,2)40(47)52)20-8-12-31(55-4)30(48)14-20)10-11-25-34(27)39(51)46(37(25)49)23-7-5-6-21(15-23)42(53)54/h5-10,12-16,18,25,27-28,34-35,48,53-54H,11,17H2,1-4H3/t25-,27+,28-,34-,35-,41+/m0/s1. The molecule has 9 rings (SSSR count). The highest BCUT2D eigenvalue weighted by Crippen LogP contribution is 2.64. The second kappa shape index (κ2) is 12.9. The van der Waals surface area contributed by atoms with Crippen molar-refractivity contribution in [3.05, 3.63) is 94.5 Å². The lowest BCUT2D eigenvalue weighted by molar-refractivity contribution is -0.131. The molecule has 3 fully saturated rings. The van der Waals surface area contributed by atoms with Crippen LogP contribution in [0.5, 0.6) is 11.5 Å². The molecule has 0 bridgehead atoms. The van der Waals surface area contributed by atoms with Gasteiger partial charge in [-0.15, -0.1) is 11.3 Å². The molecular weight excluding hydrogens is 755 g/mol. The number of aryl methyl sites for hydroxylation is 2. The molecule has 2 saturated heterocycles. The van der Waals surface area contributed by atoms with Gasteiger partial charge in [0.25, 0.3) is 0 Å². The molecule has 3 aromatic carbocycles. The third-order valence-electron chi connectivity index (χ3n) is 12.5. The molecule has 5 aromatic rings. The monoisotopic (exact) mass is 790 g/mol. The summed E-state index contributed by atoms with van der Waals surface area (Å²) in [6.07, 6.45) is 2.28. The number of aromatic nitrogens is 2. The quantitative estimate of drug-likeness (QED) is 0.121. The minimum absolute atomic E-state index is 0.130. The Bertz CT molecular complexity index is 2580. The average molecular weight is 791 g/mol. The van der Waals surface area contributed by atoms with E-state index in [1.807, 2.05) is 31.2 Å². The predicted molar refractivity (Wildman–Crippen MR) is 212 cm³/mol. The van der Waals surface area contributed by atoms with Crippen molar-refractivity contribution in [3.8, 4) is 22.1 Å². The highest BCUT2D eigenvalue weighted by Gasteiger charge is 2.68. The molecule has 2 aliphatic carbocycles. The van der Waals surface area contributed by atoms with Gasteiger partial charge in [0.05, 0.1) is 40.8 Å². The van der Waals surface area contributed by atoms with Gasteiger partial charge in [0, 0.05) is 28.8 Å². The van der Waals surface area contributed by atoms with E-state index in [1.54, 1.807) is 61.7 Å². The summed E-state index contributed by atoms with van der Waals surface area (Å²) < 4.78 is 7.90. The Labute approximate surface area is 330 Å². The summed E-state index contributed by atoms with van der Waals surface area (Å²) in [5, 5.41) is 37.0. The number of carbonyl (C=O) groups excluding carboxylic acids is 4. The molecule has 0 radical (unpaired) electrons. The van der Waals surface area contributed by atoms with E-state index >= 15 is 4.79 Å². The lowest BCUT2D eigenvalue weighted by Crippen LogP contribution is -2.49. The summed E-state index contributed by atoms with van der Waals surface area (Å²) in [4.78, 5) is 61.7. The molecule has 3 N–H and O–H groups in total. The Balaban J connectivity index is 1.15. The molecule has 12 nitrogen and oxygen atoms in total. The van der Waals surface area contributed by atoms with E-state index in [9.17, 15) is 29.5 Å². The number of allylic oxidation sites excluding steroid dienone is 2. The van der Waals surface area contributed by atoms with Gasteiger partial charge < -0.3 is 19.9 Å². The first-order valence-electron chi connectivity index (χ1n) is 18.3. The van der Waals surface area contributed by atoms with Crippen LogP contribution in [0.2, 0.25) is 5.02 Å². The fourth-order valence-electron chi connectivity index (χ4n) is 9.79. The van der Waals surface area contributed by atoms with Crippen LogP contribution in [-0.2, 0) is 26.2 Å². The number of carbonyl (C=O) groups is 4. The third kappa shape index (κ3) is 5.09. The second-order valence-corrected chi connectivity index (χ2v) is 16.8. The van der Waals surface area contributed by atoms with Gasteiger partial charge in [-0.3, -0.25) is 28.8 Å². The number of anilines is 2. The SMILES string of the molecule is COc1ccc([C@H]2C3=CC[C@@H]4C(=O)N(c5cccc(B(O)O)c5)C(=O)[C@@H]4[C@@H]3C[C@H]3C(=O)N(c4cc(-c5sc6ccc(Cl)cc6c5C)nn4C)C(=O)[C@@]23C)cc1O. The Morgan fingerprint density at radius 3 is 2.48 bits per heavy atom. The summed E-state index contributed by atoms with van der Waals surface area (Å²) in [5.74, 6) is -5.16. The van der Waals surface area contributed by atoms with Crippen molar-refractivity contribution in [2.24, 2.45) is 36.1 Å². The van der Waals surface area contributed by atoms with E-state index in [2.05, 4.69) is 0 Å². The molecule has 4 aliphatic rings. The smallest absolute Gasteiger partial charge is 0.488 e. The molecule has 2 aromatic heterocycles. The van der Waals surface area contributed by atoms with Crippen LogP contribution in [0, 0.1) is 36.0 Å². The largest absolute Gasteiger partial charge is 0.504 e. The number of phenolic OH excluding ortho intramolecular Hbond substituents is 1. The van der Waals surface area contributed by atoms with Crippen LogP contribution >= 0.6 is 22.9 Å². The van der Waals surface area contributed by atoms with Crippen LogP contribution < -0.4 is 20.0 Å². The lowest BCUT2D eigenvalue weighted by Gasteiger charge is -2.49. The molecule has 6 atom stereocenters. The van der Waals surface area contributed by atoms with Crippen molar-refractivity contribution in [1.29, 1.82) is 0 Å². The number of methoxy groups -OCH3 is 1. The highest BCUT2D eigenvalue weighted by molar-refractivity contribution is 7.22. The first-order chi connectivity index (χ1) is 26.7. The van der Waals surface area contributed by atoms with Crippen molar-refractivity contribution < 1.29 is 39.1 Å². The number of fused-ring (bicyclic) bond motifs is 5. The number of imide groups is 2. The Morgan fingerprint density at radius 2 is 1.75 bits per heavy atom. The maximum Gasteiger partial charge on any atom is 0.488 e. The van der Waals surface area contributed by atoms with Gasteiger partial charge in [-0.05, 0) is 97.0 Å². The van der Waals surface area contributed by atoms with Crippen LogP contribution in [0.15, 0.2) is 78.4 Å². The summed E-state index contributed by atoms with van der Waals surface area (Å²) in [7, 11) is 1.33. The van der Waals surface area contributed by atoms with Crippen LogP contribution in [0.4, 0.5) is 11.5 Å². The maximum absolute atomic E-state index is 15.1. The zero-order valence-electron chi connectivity index (χ0n) is 30.8. The number of hydrogen-bond donors (Lipinski definition) is 3. The van der Waals surface area contributed by atoms with Crippen molar-refractivity contribution in [1.82, 2.24) is 9.78 Å². The van der Waals surface area contributed by atoms with E-state index < -0.39 is 65.8 Å². The summed E-state index contributed by atoms with van der Waals surface area (Å²) in [6, 6.07) is 18.4. The van der Waals surface area contributed by atoms with Gasteiger partial charge >= 0.3 is 7.12 Å². The summed E-state index contributed by atoms with van der Waals surface area (Å²) in [6.45, 7) is 3.77. The number of ether oxygens (including phenoxy) is 1. The van der Waals surface area contributed by atoms with Crippen LogP contribution in [0.1, 0.15) is 36.8 Å². The van der Waals surface area contributed by atoms with E-state index in [1.165, 1.54) is 28.8 Å². The van der Waals surface area contributed by atoms with E-state index in [4.69, 9.17) is 21.4 Å². The molecule has 2 aliphatic heterocycles. The summed E-state index contributed by atoms with van der Waals surface area (Å²) in [5.41, 5.74) is 1.90. The Morgan fingerprint density at radius 1 is 0.964 bits per heavy atom. The number of amides is 4. The van der Waals surface area contributed by atoms with Crippen LogP contribution in [0.25, 0.3) is 20.7 Å². The van der Waals surface area contributed by atoms with Crippen LogP contribution in [0.3, 0.4) is 0 Å². The van der Waals surface area contributed by atoms with Gasteiger partial charge in [-0.25, -0.2) is 4.90 Å². The molecule has 1 saturated carbocycles. The number of hydrogen-bond acceptors (Lipinski definition) is 10. The zero-order valence-corrected chi connectivity index (χ0v) is 32.3. The lowest BCUT2D eigenvalue weighted by atomic mass is 9.51. The number of nitrogens with zero attached hydrogens (tertiary/aromatic N) is 4. The fourth-order valence-corrected chi connectivity index (χ4v) is 11.1. The molecular formula is C41H36BClN4O8S. The third-order valence-corrected chi connectivity index (χ3v) is 14.0. The minimum atomic E-state index is -1.80. The number of phenols is 1. The van der Waals surface area contributed by atoms with Crippen molar-refractivity contribution in [2.45, 2.75) is 32.6 Å². The van der Waals surface area contributed by atoms with Gasteiger partial charge in [0.1, 0.15) is 11.5 Å². The summed E-state index contributed by atoms with van der Waals surface area (Å²) >= 11 is 7.86. The van der Waals surface area contributed by atoms with Gasteiger partial charge in [-0.1, -0.05) is 41.4 Å². The molecule has 4 heterocycles. The molecule has 15 heteroatoms. The van der Waals surface area contributed by atoms with E-state index in [-0.39, 0.29) is 35.5 Å². The molecule has 284 valence electrons. The number of benzene rings is 3. The molecule has 0 unspecified atom stereocenters. The van der Waals surface area contributed by atoms with Crippen LogP contribution in [-0.4, -0.2) is 62.8 Å². The van der Waals surface area contributed by atoms with Crippen molar-refractivity contribution in [2.75, 3.05) is 16.9 Å². The highest BCUT2D eigenvalue weighted by atomic mass is 35.5. The second-order valence-electron chi connectivity index (χ2n) is 15.3. The number of thiophene rings is 1. The number of rotatable bonds is 6. The first kappa shape index (κ1) is 36.4. The fraction of sp³-hybridized carbons (Fsp3) is 0.293. The van der Waals surface area contributed by atoms with E-state index in [0.717, 1.165) is 31.0 Å². The van der Waals surface area contributed by atoms with E-state index in [0.29, 0.717) is 22.1 Å². The van der Waals surface area contributed by atoms with Gasteiger partial charge in [0.2, 0.25) is 23.6 Å². The average Bonchev–Trinajstić information content (AvgIpc) is 3.84. The van der Waals surface area contributed by atoms with Gasteiger partial charge in [0.15, 0.2) is 11.5 Å². The normalized spacial score (nSPS) is 25.8. The topological polar surface area (TPSA) is 162 Å². The van der Waals surface area contributed by atoms with Crippen molar-refractivity contribution in [3.63, 3.8) is 0 Å². The molecule has 0 spiro atoms. The molecule has 4 amide bonds. The maximum atomic E-state index is 15.1. The zero-order chi connectivity index (χ0) is 39.5. The predicted octanol–water partition coefficient (Wildman–Crippen LogP) is 5.09. The Kier molecular flexibility index (Phi) is 8.37. The Hall–Kier alpha value is -5.28. The molecule has 56 heavy (non-hydrogen) atoms. The first-order valence-corrected chi connectivity index (χ1v) is 19.5. The number of aromatic hydroxyl groups is 1. The van der Waals surface area contributed by atoms with Crippen molar-refractivity contribution >= 4 is 80.7 Å². The number of halogens is 1. The van der Waals surface area contributed by atoms with Gasteiger partial charge in [-0.2, -0.15) is 5.10 Å².